The van der Waals surface area contributed by atoms with Gasteiger partial charge in [0.1, 0.15) is 10.9 Å². The van der Waals surface area contributed by atoms with Crippen LogP contribution in [0.4, 0.5) is 10.1 Å². The Hall–Kier alpha value is -3.41. The molecule has 3 N–H and O–H groups in total. The molecule has 1 aliphatic heterocycles. The van der Waals surface area contributed by atoms with Gasteiger partial charge in [0, 0.05) is 37.9 Å². The van der Waals surface area contributed by atoms with Crippen LogP contribution < -0.4 is 10.0 Å². The Morgan fingerprint density at radius 3 is 2.46 bits per heavy atom. The number of amides is 1. The molecule has 3 aromatic rings. The summed E-state index contributed by atoms with van der Waals surface area (Å²) < 4.78 is 42.8. The fraction of sp³-hybridized carbons (Fsp3) is 0.393. The molecule has 9 nitrogen and oxygen atoms in total. The average molecular weight is 556 g/mol. The van der Waals surface area contributed by atoms with Gasteiger partial charge in [0.05, 0.1) is 25.0 Å². The van der Waals surface area contributed by atoms with E-state index in [0.717, 1.165) is 5.56 Å². The number of halogens is 1. The molecular weight excluding hydrogens is 521 g/mol. The van der Waals surface area contributed by atoms with Crippen molar-refractivity contribution in [3.8, 4) is 0 Å². The predicted octanol–water partition coefficient (Wildman–Crippen LogP) is 3.11. The van der Waals surface area contributed by atoms with Crippen LogP contribution in [0.25, 0.3) is 0 Å². The van der Waals surface area contributed by atoms with Crippen molar-refractivity contribution in [3.05, 3.63) is 84.4 Å². The van der Waals surface area contributed by atoms with Gasteiger partial charge in [-0.3, -0.25) is 19.2 Å². The molecular formula is C28H34FN5O4S. The van der Waals surface area contributed by atoms with E-state index >= 15 is 0 Å². The lowest BCUT2D eigenvalue weighted by atomic mass is 9.93. The van der Waals surface area contributed by atoms with E-state index in [1.165, 1.54) is 24.7 Å². The lowest BCUT2D eigenvalue weighted by Gasteiger charge is -2.34. The number of piperidine rings is 1. The molecule has 1 aromatic carbocycles. The molecule has 0 unspecified atom stereocenters. The molecule has 0 bridgehead atoms. The van der Waals surface area contributed by atoms with Gasteiger partial charge in [0.25, 0.3) is 0 Å². The summed E-state index contributed by atoms with van der Waals surface area (Å²) in [6.45, 7) is 0.249. The summed E-state index contributed by atoms with van der Waals surface area (Å²) in [5.41, 5.74) is 1.66. The Balaban J connectivity index is 1.56. The normalized spacial score (nSPS) is 16.0. The quantitative estimate of drug-likeness (QED) is 0.314. The van der Waals surface area contributed by atoms with E-state index in [1.54, 1.807) is 23.2 Å². The number of alkyl halides is 1. The van der Waals surface area contributed by atoms with Crippen molar-refractivity contribution in [1.29, 1.82) is 0 Å². The molecule has 0 radical (unpaired) electrons. The maximum atomic E-state index is 13.7. The summed E-state index contributed by atoms with van der Waals surface area (Å²) in [5, 5.41) is 13.1. The summed E-state index contributed by atoms with van der Waals surface area (Å²) in [5.74, 6) is -0.173. The molecule has 11 heteroatoms. The van der Waals surface area contributed by atoms with Crippen molar-refractivity contribution in [1.82, 2.24) is 19.6 Å². The molecule has 2 aromatic heterocycles. The highest BCUT2D eigenvalue weighted by Crippen LogP contribution is 2.27. The van der Waals surface area contributed by atoms with E-state index in [2.05, 4.69) is 20.0 Å². The average Bonchev–Trinajstić information content (AvgIpc) is 2.97. The van der Waals surface area contributed by atoms with E-state index in [4.69, 9.17) is 0 Å². The number of carbonyl (C=O) groups excluding carboxylic acids is 1. The van der Waals surface area contributed by atoms with Gasteiger partial charge in [0.2, 0.25) is 15.9 Å². The lowest BCUT2D eigenvalue weighted by Crippen LogP contribution is -2.46. The lowest BCUT2D eigenvalue weighted by molar-refractivity contribution is -0.134. The first-order chi connectivity index (χ1) is 18.9. The Labute approximate surface area is 228 Å². The summed E-state index contributed by atoms with van der Waals surface area (Å²) in [6.07, 6.45) is 7.97. The number of likely N-dealkylation sites (tertiary alicyclic amines) is 1. The van der Waals surface area contributed by atoms with Crippen LogP contribution in [-0.4, -0.2) is 66.7 Å². The number of pyridine rings is 2. The van der Waals surface area contributed by atoms with Gasteiger partial charge in [0.15, 0.2) is 0 Å². The first kappa shape index (κ1) is 28.6. The van der Waals surface area contributed by atoms with Crippen molar-refractivity contribution in [2.45, 2.75) is 42.7 Å². The van der Waals surface area contributed by atoms with Crippen molar-refractivity contribution in [2.24, 2.45) is 5.92 Å². The zero-order valence-corrected chi connectivity index (χ0v) is 22.4. The predicted molar refractivity (Wildman–Crippen MR) is 146 cm³/mol. The van der Waals surface area contributed by atoms with Crippen LogP contribution in [0.2, 0.25) is 0 Å². The molecule has 0 saturated carbocycles. The fourth-order valence-corrected chi connectivity index (χ4v) is 6.09. The molecule has 0 aliphatic carbocycles. The number of aliphatic hydroxyl groups excluding tert-OH is 1. The molecule has 3 heterocycles. The van der Waals surface area contributed by atoms with Crippen LogP contribution in [0.15, 0.2) is 78.2 Å². The zero-order chi connectivity index (χ0) is 27.7. The van der Waals surface area contributed by atoms with E-state index in [9.17, 15) is 22.7 Å². The fourth-order valence-electron chi connectivity index (χ4n) is 4.80. The number of nitrogens with one attached hydrogen (secondary N) is 2. The van der Waals surface area contributed by atoms with Gasteiger partial charge in [-0.15, -0.1) is 0 Å². The number of anilines is 1. The smallest absolute Gasteiger partial charge is 0.245 e. The van der Waals surface area contributed by atoms with Crippen molar-refractivity contribution < 1.29 is 22.7 Å². The third kappa shape index (κ3) is 7.59. The van der Waals surface area contributed by atoms with Crippen LogP contribution in [0.1, 0.15) is 36.4 Å². The summed E-state index contributed by atoms with van der Waals surface area (Å²) in [6, 6.07) is 12.7. The molecule has 1 amide bonds. The maximum absolute atomic E-state index is 13.7. The van der Waals surface area contributed by atoms with Gasteiger partial charge in [-0.2, -0.15) is 4.72 Å². The molecule has 39 heavy (non-hydrogen) atoms. The minimum Gasteiger partial charge on any atom is -0.394 e. The maximum Gasteiger partial charge on any atom is 0.245 e. The minimum absolute atomic E-state index is 0.139. The van der Waals surface area contributed by atoms with Gasteiger partial charge >= 0.3 is 0 Å². The largest absolute Gasteiger partial charge is 0.394 e. The molecule has 208 valence electrons. The highest BCUT2D eigenvalue weighted by atomic mass is 32.2. The Kier molecular flexibility index (Phi) is 9.96. The summed E-state index contributed by atoms with van der Waals surface area (Å²) >= 11 is 0. The van der Waals surface area contributed by atoms with Gasteiger partial charge in [-0.25, -0.2) is 8.42 Å². The monoisotopic (exact) mass is 555 g/mol. The Morgan fingerprint density at radius 2 is 1.79 bits per heavy atom. The number of aromatic nitrogens is 2. The second-order valence-electron chi connectivity index (χ2n) is 9.67. The number of sulfonamides is 1. The van der Waals surface area contributed by atoms with Crippen LogP contribution in [0.5, 0.6) is 0 Å². The van der Waals surface area contributed by atoms with Gasteiger partial charge in [-0.1, -0.05) is 36.4 Å². The van der Waals surface area contributed by atoms with Crippen LogP contribution in [0, 0.1) is 5.92 Å². The molecule has 0 spiro atoms. The molecule has 1 fully saturated rings. The topological polar surface area (TPSA) is 125 Å². The van der Waals surface area contributed by atoms with Crippen molar-refractivity contribution in [3.63, 3.8) is 0 Å². The Morgan fingerprint density at radius 1 is 1.05 bits per heavy atom. The van der Waals surface area contributed by atoms with E-state index in [1.807, 2.05) is 30.3 Å². The van der Waals surface area contributed by atoms with Crippen LogP contribution >= 0.6 is 0 Å². The van der Waals surface area contributed by atoms with Crippen LogP contribution in [0.3, 0.4) is 0 Å². The number of carbonyl (C=O) groups is 1. The molecule has 4 rings (SSSR count). The second-order valence-corrected chi connectivity index (χ2v) is 11.4. The number of nitrogens with zero attached hydrogens (tertiary/aromatic N) is 3. The molecule has 2 atom stereocenters. The van der Waals surface area contributed by atoms with E-state index in [0.29, 0.717) is 44.3 Å². The van der Waals surface area contributed by atoms with Crippen LogP contribution in [-0.2, 0) is 21.2 Å². The standard InChI is InChI=1S/C28H34FN5O4S/c29-12-8-21-10-15-34(16-11-21)28(36)27(23-7-4-13-30-18-23)33-39(37,38)26-19-31-14-9-25(26)32-24(20-35)17-22-5-2-1-3-6-22/h1-7,9,13-14,18-19,21,24,27,33,35H,8,10-12,15-17,20H2,(H,31,32)/t24-,27-/m0/s1. The third-order valence-corrected chi connectivity index (χ3v) is 8.41. The zero-order valence-electron chi connectivity index (χ0n) is 21.6. The van der Waals surface area contributed by atoms with Gasteiger partial charge in [-0.05, 0) is 54.9 Å². The summed E-state index contributed by atoms with van der Waals surface area (Å²) in [7, 11) is -4.25. The van der Waals surface area contributed by atoms with Crippen molar-refractivity contribution in [2.75, 3.05) is 31.7 Å². The van der Waals surface area contributed by atoms with E-state index < -0.39 is 22.1 Å². The third-order valence-electron chi connectivity index (χ3n) is 6.96. The molecule has 1 saturated heterocycles. The number of aliphatic hydroxyl groups is 1. The van der Waals surface area contributed by atoms with E-state index in [-0.39, 0.29) is 35.7 Å². The summed E-state index contributed by atoms with van der Waals surface area (Å²) in [4.78, 5) is 23.2. The minimum atomic E-state index is -4.25. The first-order valence-corrected chi connectivity index (χ1v) is 14.5. The Bertz CT molecular complexity index is 1310. The first-order valence-electron chi connectivity index (χ1n) is 13.0. The number of benzene rings is 1. The second kappa shape index (κ2) is 13.6. The number of hydrogen-bond acceptors (Lipinski definition) is 7. The number of hydrogen-bond donors (Lipinski definition) is 3. The van der Waals surface area contributed by atoms with Gasteiger partial charge < -0.3 is 15.3 Å². The number of rotatable bonds is 12. The highest BCUT2D eigenvalue weighted by Gasteiger charge is 2.34. The highest BCUT2D eigenvalue weighted by molar-refractivity contribution is 7.89. The molecule has 1 aliphatic rings. The SMILES string of the molecule is O=C([C@@H](NS(=O)(=O)c1cnccc1N[C@H](CO)Cc1ccccc1)c1cccnc1)N1CCC(CCF)CC1. The van der Waals surface area contributed by atoms with Crippen molar-refractivity contribution >= 4 is 21.6 Å².